The van der Waals surface area contributed by atoms with Gasteiger partial charge in [-0.3, -0.25) is 14.4 Å². The number of aromatic nitrogens is 2. The summed E-state index contributed by atoms with van der Waals surface area (Å²) in [5.41, 5.74) is 1.02. The molecule has 0 radical (unpaired) electrons. The molecule has 9 heteroatoms. The second-order valence-electron chi connectivity index (χ2n) is 6.53. The second-order valence-corrected chi connectivity index (χ2v) is 7.34. The van der Waals surface area contributed by atoms with E-state index >= 15 is 0 Å². The summed E-state index contributed by atoms with van der Waals surface area (Å²) in [5, 5.41) is 4.41. The van der Waals surface area contributed by atoms with E-state index in [4.69, 9.17) is 23.2 Å². The molecular formula is C18H20Cl2F2N4O. The number of alkyl halides is 2. The smallest absolute Gasteiger partial charge is 0.283 e. The summed E-state index contributed by atoms with van der Waals surface area (Å²) in [6.45, 7) is 4.89. The van der Waals surface area contributed by atoms with Crippen molar-refractivity contribution >= 4 is 29.1 Å². The van der Waals surface area contributed by atoms with Crippen LogP contribution in [-0.4, -0.2) is 51.7 Å². The lowest BCUT2D eigenvalue weighted by molar-refractivity contribution is -0.133. The Labute approximate surface area is 166 Å². The van der Waals surface area contributed by atoms with E-state index in [1.165, 1.54) is 4.68 Å². The predicted octanol–water partition coefficient (Wildman–Crippen LogP) is 3.78. The molecule has 0 bridgehead atoms. The van der Waals surface area contributed by atoms with Crippen LogP contribution in [-0.2, 0) is 17.9 Å². The Morgan fingerprint density at radius 2 is 1.93 bits per heavy atom. The fourth-order valence-electron chi connectivity index (χ4n) is 3.12. The van der Waals surface area contributed by atoms with E-state index in [-0.39, 0.29) is 17.5 Å². The summed E-state index contributed by atoms with van der Waals surface area (Å²) < 4.78 is 27.0. The molecule has 0 atom stereocenters. The van der Waals surface area contributed by atoms with Gasteiger partial charge in [-0.1, -0.05) is 35.3 Å². The fourth-order valence-corrected chi connectivity index (χ4v) is 3.55. The van der Waals surface area contributed by atoms with Gasteiger partial charge in [0.25, 0.3) is 6.43 Å². The molecule has 2 aromatic rings. The lowest BCUT2D eigenvalue weighted by Crippen LogP contribution is -2.49. The number of benzene rings is 1. The van der Waals surface area contributed by atoms with Crippen molar-refractivity contribution in [1.82, 2.24) is 19.6 Å². The molecule has 1 aliphatic heterocycles. The molecule has 0 saturated carbocycles. The van der Waals surface area contributed by atoms with E-state index < -0.39 is 12.1 Å². The average molecular weight is 417 g/mol. The minimum Gasteiger partial charge on any atom is -0.339 e. The zero-order valence-corrected chi connectivity index (χ0v) is 16.4. The van der Waals surface area contributed by atoms with Gasteiger partial charge < -0.3 is 4.90 Å². The van der Waals surface area contributed by atoms with E-state index in [1.54, 1.807) is 11.8 Å². The quantitative estimate of drug-likeness (QED) is 0.744. The molecule has 1 saturated heterocycles. The average Bonchev–Trinajstić information content (AvgIpc) is 2.91. The number of carbonyl (C=O) groups excluding carboxylic acids is 1. The first-order chi connectivity index (χ1) is 12.8. The Bertz CT molecular complexity index is 820. The van der Waals surface area contributed by atoms with E-state index in [0.29, 0.717) is 23.8 Å². The maximum Gasteiger partial charge on any atom is 0.283 e. The first-order valence-electron chi connectivity index (χ1n) is 8.60. The van der Waals surface area contributed by atoms with E-state index in [2.05, 4.69) is 10.00 Å². The maximum absolute atomic E-state index is 12.9. The third-order valence-corrected chi connectivity index (χ3v) is 5.37. The highest BCUT2D eigenvalue weighted by molar-refractivity contribution is 6.32. The highest BCUT2D eigenvalue weighted by atomic mass is 35.5. The summed E-state index contributed by atoms with van der Waals surface area (Å²) >= 11 is 11.9. The molecule has 1 fully saturated rings. The van der Waals surface area contributed by atoms with Crippen LogP contribution >= 0.6 is 23.2 Å². The number of amides is 1. The Morgan fingerprint density at radius 1 is 1.22 bits per heavy atom. The molecule has 1 aromatic carbocycles. The van der Waals surface area contributed by atoms with Crippen LogP contribution in [0.4, 0.5) is 8.78 Å². The van der Waals surface area contributed by atoms with Gasteiger partial charge in [0.05, 0.1) is 10.7 Å². The first-order valence-corrected chi connectivity index (χ1v) is 9.36. The number of rotatable bonds is 5. The maximum atomic E-state index is 12.9. The van der Waals surface area contributed by atoms with Crippen LogP contribution in [0, 0.1) is 6.92 Å². The molecule has 0 N–H and O–H groups in total. The second kappa shape index (κ2) is 8.54. The van der Waals surface area contributed by atoms with E-state index in [9.17, 15) is 13.6 Å². The summed E-state index contributed by atoms with van der Waals surface area (Å²) in [7, 11) is 0. The van der Waals surface area contributed by atoms with Crippen LogP contribution in [0.2, 0.25) is 10.0 Å². The van der Waals surface area contributed by atoms with Crippen LogP contribution in [0.15, 0.2) is 24.3 Å². The zero-order chi connectivity index (χ0) is 19.6. The fraction of sp³-hybridized carbons (Fsp3) is 0.444. The summed E-state index contributed by atoms with van der Waals surface area (Å²) in [4.78, 5) is 16.5. The summed E-state index contributed by atoms with van der Waals surface area (Å²) in [5.74, 6) is -0.152. The molecule has 1 amide bonds. The Hall–Kier alpha value is -1.70. The highest BCUT2D eigenvalue weighted by Gasteiger charge is 2.25. The van der Waals surface area contributed by atoms with Gasteiger partial charge in [-0.25, -0.2) is 8.78 Å². The van der Waals surface area contributed by atoms with Crippen LogP contribution in [0.1, 0.15) is 23.4 Å². The number of nitrogens with zero attached hydrogens (tertiary/aromatic N) is 4. The van der Waals surface area contributed by atoms with Gasteiger partial charge in [0.2, 0.25) is 5.91 Å². The normalized spacial score (nSPS) is 15.6. The lowest BCUT2D eigenvalue weighted by atomic mass is 10.2. The molecule has 2 heterocycles. The third-order valence-electron chi connectivity index (χ3n) is 4.67. The van der Waals surface area contributed by atoms with Gasteiger partial charge in [-0.15, -0.1) is 0 Å². The minimum atomic E-state index is -2.76. The number of hydrogen-bond donors (Lipinski definition) is 0. The zero-order valence-electron chi connectivity index (χ0n) is 14.8. The number of piperazine rings is 1. The molecular weight excluding hydrogens is 397 g/mol. The van der Waals surface area contributed by atoms with Crippen LogP contribution in [0.5, 0.6) is 0 Å². The van der Waals surface area contributed by atoms with Crippen LogP contribution in [0.25, 0.3) is 0 Å². The summed E-state index contributed by atoms with van der Waals surface area (Å²) in [6, 6.07) is 7.71. The Balaban J connectivity index is 1.55. The van der Waals surface area contributed by atoms with Crippen molar-refractivity contribution in [2.24, 2.45) is 0 Å². The van der Waals surface area contributed by atoms with E-state index in [0.717, 1.165) is 25.2 Å². The minimum absolute atomic E-state index is 0.0795. The van der Waals surface area contributed by atoms with Crippen molar-refractivity contribution in [3.63, 3.8) is 0 Å². The van der Waals surface area contributed by atoms with E-state index in [1.807, 2.05) is 24.3 Å². The van der Waals surface area contributed by atoms with Gasteiger partial charge >= 0.3 is 0 Å². The Morgan fingerprint density at radius 3 is 2.52 bits per heavy atom. The monoisotopic (exact) mass is 416 g/mol. The van der Waals surface area contributed by atoms with Crippen molar-refractivity contribution in [3.05, 3.63) is 51.3 Å². The largest absolute Gasteiger partial charge is 0.339 e. The van der Waals surface area contributed by atoms with Crippen LogP contribution < -0.4 is 0 Å². The molecule has 27 heavy (non-hydrogen) atoms. The molecule has 0 aliphatic carbocycles. The molecule has 0 unspecified atom stereocenters. The van der Waals surface area contributed by atoms with Crippen molar-refractivity contribution in [2.75, 3.05) is 26.2 Å². The lowest BCUT2D eigenvalue weighted by Gasteiger charge is -2.34. The van der Waals surface area contributed by atoms with Gasteiger partial charge in [0.1, 0.15) is 12.2 Å². The van der Waals surface area contributed by atoms with Crippen LogP contribution in [0.3, 0.4) is 0 Å². The van der Waals surface area contributed by atoms with Gasteiger partial charge in [-0.05, 0) is 24.6 Å². The molecule has 1 aromatic heterocycles. The number of hydrogen-bond acceptors (Lipinski definition) is 3. The standard InChI is InChI=1S/C18H20Cl2F2N4O/c1-12-16(20)17(18(21)22)23-26(12)11-15(27)25-7-5-24(6-8-25)10-13-3-2-4-14(19)9-13/h2-4,9,18H,5-8,10-11H2,1H3. The van der Waals surface area contributed by atoms with Crippen molar-refractivity contribution in [2.45, 2.75) is 26.4 Å². The third kappa shape index (κ3) is 4.78. The summed E-state index contributed by atoms with van der Waals surface area (Å²) in [6.07, 6.45) is -2.76. The Kier molecular flexibility index (Phi) is 6.34. The molecule has 0 spiro atoms. The topological polar surface area (TPSA) is 41.4 Å². The van der Waals surface area contributed by atoms with Crippen molar-refractivity contribution in [3.8, 4) is 0 Å². The van der Waals surface area contributed by atoms with Gasteiger partial charge in [0.15, 0.2) is 0 Å². The number of halogens is 4. The molecule has 3 rings (SSSR count). The molecule has 1 aliphatic rings. The van der Waals surface area contributed by atoms with Gasteiger partial charge in [-0.2, -0.15) is 5.10 Å². The SMILES string of the molecule is Cc1c(Cl)c(C(F)F)nn1CC(=O)N1CCN(Cc2cccc(Cl)c2)CC1. The predicted molar refractivity (Wildman–Crippen MR) is 100 cm³/mol. The highest BCUT2D eigenvalue weighted by Crippen LogP contribution is 2.28. The molecule has 5 nitrogen and oxygen atoms in total. The molecule has 146 valence electrons. The number of carbonyl (C=O) groups is 1. The van der Waals surface area contributed by atoms with Crippen molar-refractivity contribution < 1.29 is 13.6 Å². The van der Waals surface area contributed by atoms with Crippen molar-refractivity contribution in [1.29, 1.82) is 0 Å². The van der Waals surface area contributed by atoms with Gasteiger partial charge in [0, 0.05) is 37.7 Å². The first kappa shape index (κ1) is 20.0.